The summed E-state index contributed by atoms with van der Waals surface area (Å²) < 4.78 is 1.74. The monoisotopic (exact) mass is 353 g/mol. The molecular formula is C20H23N3O3. The van der Waals surface area contributed by atoms with Crippen LogP contribution in [-0.2, 0) is 4.79 Å². The molecule has 0 bridgehead atoms. The first-order valence-corrected chi connectivity index (χ1v) is 9.22. The number of carboxylic acid groups (broad SMARTS) is 1. The van der Waals surface area contributed by atoms with Crippen LogP contribution in [-0.4, -0.2) is 44.8 Å². The van der Waals surface area contributed by atoms with E-state index in [0.717, 1.165) is 24.2 Å². The fourth-order valence-corrected chi connectivity index (χ4v) is 3.76. The van der Waals surface area contributed by atoms with E-state index in [0.29, 0.717) is 31.1 Å². The summed E-state index contributed by atoms with van der Waals surface area (Å²) in [4.78, 5) is 26.3. The molecule has 2 unspecified atom stereocenters. The van der Waals surface area contributed by atoms with Crippen molar-refractivity contribution in [2.75, 3.05) is 13.1 Å². The Hall–Kier alpha value is -2.63. The Labute approximate surface area is 152 Å². The third-order valence-corrected chi connectivity index (χ3v) is 5.45. The normalized spacial score (nSPS) is 23.0. The van der Waals surface area contributed by atoms with Crippen molar-refractivity contribution >= 4 is 11.9 Å². The Morgan fingerprint density at radius 1 is 1.15 bits per heavy atom. The molecule has 1 aromatic carbocycles. The summed E-state index contributed by atoms with van der Waals surface area (Å²) in [5, 5.41) is 14.0. The van der Waals surface area contributed by atoms with Gasteiger partial charge >= 0.3 is 5.97 Å². The number of carbonyl (C=O) groups is 2. The number of amides is 1. The zero-order valence-electron chi connectivity index (χ0n) is 14.8. The molecule has 0 spiro atoms. The number of para-hydroxylation sites is 1. The summed E-state index contributed by atoms with van der Waals surface area (Å²) in [5.41, 5.74) is 2.42. The van der Waals surface area contributed by atoms with Crippen LogP contribution in [0.4, 0.5) is 0 Å². The number of aliphatic carboxylic acids is 1. The molecule has 6 heteroatoms. The average molecular weight is 353 g/mol. The van der Waals surface area contributed by atoms with Crippen molar-refractivity contribution in [3.8, 4) is 5.69 Å². The minimum Gasteiger partial charge on any atom is -0.481 e. The summed E-state index contributed by atoms with van der Waals surface area (Å²) in [6, 6.07) is 11.6. The van der Waals surface area contributed by atoms with E-state index >= 15 is 0 Å². The highest BCUT2D eigenvalue weighted by Crippen LogP contribution is 2.40. The fourth-order valence-electron chi connectivity index (χ4n) is 3.76. The van der Waals surface area contributed by atoms with Gasteiger partial charge in [0.15, 0.2) is 0 Å². The second kappa shape index (κ2) is 6.59. The molecule has 1 saturated carbocycles. The van der Waals surface area contributed by atoms with Crippen LogP contribution in [0.15, 0.2) is 36.4 Å². The molecule has 1 aliphatic carbocycles. The van der Waals surface area contributed by atoms with Gasteiger partial charge in [0.2, 0.25) is 0 Å². The predicted octanol–water partition coefficient (Wildman–Crippen LogP) is 2.93. The van der Waals surface area contributed by atoms with Crippen molar-refractivity contribution in [2.24, 2.45) is 11.8 Å². The van der Waals surface area contributed by atoms with Gasteiger partial charge in [0, 0.05) is 19.0 Å². The summed E-state index contributed by atoms with van der Waals surface area (Å²) in [6.45, 7) is 2.84. The lowest BCUT2D eigenvalue weighted by Gasteiger charge is -2.34. The predicted molar refractivity (Wildman–Crippen MR) is 96.3 cm³/mol. The highest BCUT2D eigenvalue weighted by atomic mass is 16.4. The van der Waals surface area contributed by atoms with Gasteiger partial charge in [0.1, 0.15) is 5.69 Å². The SMILES string of the molecule is CC1CN(C(=O)c2cc(C3CC3)nn2-c2ccccc2)CCC1C(=O)O. The molecule has 1 N–H and O–H groups in total. The van der Waals surface area contributed by atoms with Gasteiger partial charge in [-0.2, -0.15) is 5.10 Å². The number of rotatable bonds is 4. The van der Waals surface area contributed by atoms with Crippen molar-refractivity contribution in [2.45, 2.75) is 32.1 Å². The molecule has 136 valence electrons. The van der Waals surface area contributed by atoms with Gasteiger partial charge in [0.05, 0.1) is 17.3 Å². The number of carbonyl (C=O) groups excluding carboxylic acids is 1. The van der Waals surface area contributed by atoms with Crippen molar-refractivity contribution in [1.29, 1.82) is 0 Å². The number of hydrogen-bond acceptors (Lipinski definition) is 3. The van der Waals surface area contributed by atoms with Crippen LogP contribution in [0.2, 0.25) is 0 Å². The average Bonchev–Trinajstić information content (AvgIpc) is 3.40. The zero-order valence-corrected chi connectivity index (χ0v) is 14.8. The number of benzene rings is 1. The van der Waals surface area contributed by atoms with Gasteiger partial charge in [-0.25, -0.2) is 4.68 Å². The third kappa shape index (κ3) is 3.11. The van der Waals surface area contributed by atoms with Gasteiger partial charge in [0.25, 0.3) is 5.91 Å². The Balaban J connectivity index is 1.62. The molecule has 1 amide bonds. The first kappa shape index (κ1) is 16.8. The van der Waals surface area contributed by atoms with Crippen LogP contribution in [0.3, 0.4) is 0 Å². The fraction of sp³-hybridized carbons (Fsp3) is 0.450. The maximum absolute atomic E-state index is 13.2. The Morgan fingerprint density at radius 3 is 2.50 bits per heavy atom. The summed E-state index contributed by atoms with van der Waals surface area (Å²) in [5.74, 6) is -0.802. The zero-order chi connectivity index (χ0) is 18.3. The van der Waals surface area contributed by atoms with E-state index in [-0.39, 0.29) is 17.7 Å². The van der Waals surface area contributed by atoms with Crippen molar-refractivity contribution in [3.05, 3.63) is 47.8 Å². The number of aromatic nitrogens is 2. The lowest BCUT2D eigenvalue weighted by atomic mass is 9.87. The molecule has 2 aromatic rings. The van der Waals surface area contributed by atoms with E-state index in [1.807, 2.05) is 43.3 Å². The van der Waals surface area contributed by atoms with E-state index < -0.39 is 5.97 Å². The van der Waals surface area contributed by atoms with Crippen LogP contribution in [0.25, 0.3) is 5.69 Å². The largest absolute Gasteiger partial charge is 0.481 e. The first-order valence-electron chi connectivity index (χ1n) is 9.22. The molecule has 2 aliphatic rings. The maximum atomic E-state index is 13.2. The Bertz CT molecular complexity index is 826. The quantitative estimate of drug-likeness (QED) is 0.917. The van der Waals surface area contributed by atoms with Crippen LogP contribution in [0.1, 0.15) is 48.3 Å². The number of carboxylic acids is 1. The maximum Gasteiger partial charge on any atom is 0.306 e. The van der Waals surface area contributed by atoms with E-state index in [9.17, 15) is 14.7 Å². The van der Waals surface area contributed by atoms with Gasteiger partial charge in [-0.05, 0) is 43.4 Å². The highest BCUT2D eigenvalue weighted by molar-refractivity contribution is 5.93. The molecule has 4 rings (SSSR count). The van der Waals surface area contributed by atoms with Gasteiger partial charge < -0.3 is 10.0 Å². The lowest BCUT2D eigenvalue weighted by Crippen LogP contribution is -2.45. The van der Waals surface area contributed by atoms with Gasteiger partial charge in [-0.3, -0.25) is 9.59 Å². The molecule has 2 atom stereocenters. The van der Waals surface area contributed by atoms with Crippen molar-refractivity contribution in [1.82, 2.24) is 14.7 Å². The second-order valence-corrected chi connectivity index (χ2v) is 7.44. The van der Waals surface area contributed by atoms with Crippen LogP contribution in [0, 0.1) is 11.8 Å². The van der Waals surface area contributed by atoms with E-state index in [1.165, 1.54) is 0 Å². The van der Waals surface area contributed by atoms with E-state index in [1.54, 1.807) is 9.58 Å². The van der Waals surface area contributed by atoms with Crippen molar-refractivity contribution < 1.29 is 14.7 Å². The topological polar surface area (TPSA) is 75.4 Å². The van der Waals surface area contributed by atoms with Crippen LogP contribution in [0.5, 0.6) is 0 Å². The second-order valence-electron chi connectivity index (χ2n) is 7.44. The minimum atomic E-state index is -0.769. The molecule has 2 fully saturated rings. The third-order valence-electron chi connectivity index (χ3n) is 5.45. The van der Waals surface area contributed by atoms with Crippen LogP contribution >= 0.6 is 0 Å². The Kier molecular flexibility index (Phi) is 4.26. The molecule has 6 nitrogen and oxygen atoms in total. The van der Waals surface area contributed by atoms with Gasteiger partial charge in [-0.1, -0.05) is 25.1 Å². The summed E-state index contributed by atoms with van der Waals surface area (Å²) in [7, 11) is 0. The van der Waals surface area contributed by atoms with Gasteiger partial charge in [-0.15, -0.1) is 0 Å². The molecule has 1 aliphatic heterocycles. The molecule has 26 heavy (non-hydrogen) atoms. The lowest BCUT2D eigenvalue weighted by molar-refractivity contribution is -0.145. The Morgan fingerprint density at radius 2 is 1.88 bits per heavy atom. The molecule has 0 radical (unpaired) electrons. The standard InChI is InChI=1S/C20H23N3O3/c1-13-12-22(10-9-16(13)20(25)26)19(24)18-11-17(14-7-8-14)21-23(18)15-5-3-2-4-6-15/h2-6,11,13-14,16H,7-10,12H2,1H3,(H,25,26). The summed E-state index contributed by atoms with van der Waals surface area (Å²) in [6.07, 6.45) is 2.75. The first-order chi connectivity index (χ1) is 12.5. The highest BCUT2D eigenvalue weighted by Gasteiger charge is 2.35. The number of likely N-dealkylation sites (tertiary alicyclic amines) is 1. The van der Waals surface area contributed by atoms with Crippen LogP contribution < -0.4 is 0 Å². The molecule has 1 saturated heterocycles. The minimum absolute atomic E-state index is 0.0544. The molecule has 2 heterocycles. The van der Waals surface area contributed by atoms with E-state index in [4.69, 9.17) is 5.10 Å². The molecular weight excluding hydrogens is 330 g/mol. The van der Waals surface area contributed by atoms with E-state index in [2.05, 4.69) is 0 Å². The smallest absolute Gasteiger partial charge is 0.306 e. The van der Waals surface area contributed by atoms with Crippen molar-refractivity contribution in [3.63, 3.8) is 0 Å². The molecule has 1 aromatic heterocycles. The number of nitrogens with zero attached hydrogens (tertiary/aromatic N) is 3. The number of hydrogen-bond donors (Lipinski definition) is 1. The summed E-state index contributed by atoms with van der Waals surface area (Å²) >= 11 is 0. The number of piperidine rings is 1.